The average molecular weight is 495 g/mol. The minimum absolute atomic E-state index is 0.0662. The van der Waals surface area contributed by atoms with Crippen molar-refractivity contribution in [2.45, 2.75) is 49.3 Å². The molecule has 1 heterocycles. The van der Waals surface area contributed by atoms with E-state index in [1.165, 1.54) is 11.8 Å². The normalized spacial score (nSPS) is 23.5. The highest BCUT2D eigenvalue weighted by atomic mass is 32.3. The molecule has 2 aromatic carbocycles. The Labute approximate surface area is 200 Å². The first kappa shape index (κ1) is 25.6. The molecule has 8 heteroatoms. The lowest BCUT2D eigenvalue weighted by Gasteiger charge is -2.44. The Morgan fingerprint density at radius 2 is 1.97 bits per heavy atom. The maximum Gasteiger partial charge on any atom is 0.368 e. The Balaban J connectivity index is 2.25. The van der Waals surface area contributed by atoms with E-state index in [1.54, 1.807) is 6.07 Å². The second-order valence-electron chi connectivity index (χ2n) is 8.78. The van der Waals surface area contributed by atoms with Crippen molar-refractivity contribution >= 4 is 28.3 Å². The van der Waals surface area contributed by atoms with E-state index >= 15 is 0 Å². The number of halogens is 1. The van der Waals surface area contributed by atoms with E-state index in [-0.39, 0.29) is 28.8 Å². The minimum Gasteiger partial charge on any atom is -0.476 e. The van der Waals surface area contributed by atoms with Crippen molar-refractivity contribution in [3.63, 3.8) is 0 Å². The standard InChI is InChI=1S/C25H31FO5S2/c1-5-25(16(2)3)13-19(17-9-7-6-8-10-17)18-11-22(32-4)21(31-14-20(26)24(27)28)12-23(18)33(29,30)15-25/h6-12,14,16,19,29-30H,5,13,15H2,1-4H3,(H,27,28). The first-order chi connectivity index (χ1) is 15.5. The van der Waals surface area contributed by atoms with Gasteiger partial charge in [0.1, 0.15) is 12.0 Å². The van der Waals surface area contributed by atoms with Crippen LogP contribution in [0.4, 0.5) is 4.39 Å². The number of carboxylic acids is 1. The van der Waals surface area contributed by atoms with Crippen LogP contribution in [0.2, 0.25) is 0 Å². The van der Waals surface area contributed by atoms with Gasteiger partial charge in [-0.1, -0.05) is 51.1 Å². The van der Waals surface area contributed by atoms with Crippen LogP contribution in [-0.4, -0.2) is 32.2 Å². The van der Waals surface area contributed by atoms with Crippen LogP contribution in [-0.2, 0) is 4.79 Å². The van der Waals surface area contributed by atoms with Crippen molar-refractivity contribution in [2.75, 3.05) is 12.0 Å². The van der Waals surface area contributed by atoms with Gasteiger partial charge < -0.3 is 9.84 Å². The molecule has 5 nitrogen and oxygen atoms in total. The van der Waals surface area contributed by atoms with Gasteiger partial charge in [-0.05, 0) is 47.6 Å². The topological polar surface area (TPSA) is 87.0 Å². The molecule has 2 atom stereocenters. The molecule has 0 fully saturated rings. The van der Waals surface area contributed by atoms with E-state index < -0.39 is 22.4 Å². The van der Waals surface area contributed by atoms with Crippen molar-refractivity contribution in [1.29, 1.82) is 0 Å². The molecule has 0 spiro atoms. The van der Waals surface area contributed by atoms with Gasteiger partial charge in [0.15, 0.2) is 0 Å². The number of thioether (sulfide) groups is 1. The summed E-state index contributed by atoms with van der Waals surface area (Å²) in [6.07, 6.45) is 3.92. The molecule has 0 saturated heterocycles. The van der Waals surface area contributed by atoms with Gasteiger partial charge in [0.25, 0.3) is 0 Å². The summed E-state index contributed by atoms with van der Waals surface area (Å²) in [6.45, 7) is 6.34. The van der Waals surface area contributed by atoms with Crippen molar-refractivity contribution in [3.8, 4) is 5.75 Å². The van der Waals surface area contributed by atoms with Crippen LogP contribution < -0.4 is 4.74 Å². The lowest BCUT2D eigenvalue weighted by atomic mass is 9.68. The zero-order chi connectivity index (χ0) is 24.4. The predicted molar refractivity (Wildman–Crippen MR) is 132 cm³/mol. The monoisotopic (exact) mass is 494 g/mol. The molecule has 1 aliphatic heterocycles. The van der Waals surface area contributed by atoms with Crippen molar-refractivity contribution in [3.05, 3.63) is 65.7 Å². The van der Waals surface area contributed by atoms with Crippen molar-refractivity contribution in [1.82, 2.24) is 0 Å². The number of aliphatic carboxylic acids is 1. The summed E-state index contributed by atoms with van der Waals surface area (Å²) in [4.78, 5) is 11.9. The molecule has 33 heavy (non-hydrogen) atoms. The molecule has 1 aliphatic rings. The van der Waals surface area contributed by atoms with Crippen LogP contribution in [0.5, 0.6) is 5.75 Å². The highest BCUT2D eigenvalue weighted by molar-refractivity contribution is 8.24. The van der Waals surface area contributed by atoms with E-state index in [0.717, 1.165) is 24.0 Å². The Morgan fingerprint density at radius 1 is 1.30 bits per heavy atom. The quantitative estimate of drug-likeness (QED) is 0.211. The molecular weight excluding hydrogens is 463 g/mol. The number of hydrogen-bond donors (Lipinski definition) is 3. The fraction of sp³-hybridized carbons (Fsp3) is 0.400. The first-order valence-corrected chi connectivity index (χ1v) is 13.8. The lowest BCUT2D eigenvalue weighted by Crippen LogP contribution is -2.33. The maximum absolute atomic E-state index is 13.6. The van der Waals surface area contributed by atoms with Crippen molar-refractivity contribution in [2.24, 2.45) is 11.3 Å². The Morgan fingerprint density at radius 3 is 2.52 bits per heavy atom. The van der Waals surface area contributed by atoms with Gasteiger partial charge in [0.05, 0.1) is 9.79 Å². The van der Waals surface area contributed by atoms with Crippen LogP contribution >= 0.6 is 22.4 Å². The van der Waals surface area contributed by atoms with Gasteiger partial charge in [0, 0.05) is 17.7 Å². The molecular formula is C25H31FO5S2. The highest BCUT2D eigenvalue weighted by Gasteiger charge is 2.44. The number of hydrogen-bond acceptors (Lipinski definition) is 5. The molecule has 0 saturated carbocycles. The molecule has 180 valence electrons. The van der Waals surface area contributed by atoms with Crippen LogP contribution in [0.25, 0.3) is 0 Å². The first-order valence-electron chi connectivity index (χ1n) is 10.8. The van der Waals surface area contributed by atoms with E-state index in [1.807, 2.05) is 30.5 Å². The third-order valence-corrected chi connectivity index (χ3v) is 9.54. The molecule has 0 aliphatic carbocycles. The summed E-state index contributed by atoms with van der Waals surface area (Å²) in [6, 6.07) is 13.4. The molecule has 3 rings (SSSR count). The number of fused-ring (bicyclic) bond motifs is 1. The zero-order valence-corrected chi connectivity index (χ0v) is 20.9. The van der Waals surface area contributed by atoms with E-state index in [2.05, 4.69) is 32.9 Å². The SMILES string of the molecule is CCC1(C(C)C)CC(c2ccccc2)c2cc(SC)c(OC=C(F)C(=O)O)cc2S(O)(O)C1. The van der Waals surface area contributed by atoms with Crippen molar-refractivity contribution < 1.29 is 28.1 Å². The summed E-state index contributed by atoms with van der Waals surface area (Å²) in [7, 11) is -3.21. The summed E-state index contributed by atoms with van der Waals surface area (Å²) < 4.78 is 41.8. The van der Waals surface area contributed by atoms with Gasteiger partial charge in [-0.2, -0.15) is 15.0 Å². The molecule has 3 N–H and O–H groups in total. The second-order valence-corrected chi connectivity index (χ2v) is 11.7. The van der Waals surface area contributed by atoms with Gasteiger partial charge in [-0.3, -0.25) is 9.11 Å². The second kappa shape index (κ2) is 10.1. The van der Waals surface area contributed by atoms with Crippen LogP contribution in [0.1, 0.15) is 50.7 Å². The molecule has 0 amide bonds. The summed E-state index contributed by atoms with van der Waals surface area (Å²) >= 11 is 1.37. The Hall–Kier alpha value is -2.00. The summed E-state index contributed by atoms with van der Waals surface area (Å²) in [5.74, 6) is -2.59. The number of benzene rings is 2. The highest BCUT2D eigenvalue weighted by Crippen LogP contribution is 2.63. The lowest BCUT2D eigenvalue weighted by molar-refractivity contribution is -0.134. The van der Waals surface area contributed by atoms with Gasteiger partial charge in [-0.15, -0.1) is 11.8 Å². The maximum atomic E-state index is 13.6. The zero-order valence-electron chi connectivity index (χ0n) is 19.2. The smallest absolute Gasteiger partial charge is 0.368 e. The van der Waals surface area contributed by atoms with Crippen LogP contribution in [0, 0.1) is 11.3 Å². The van der Waals surface area contributed by atoms with Crippen LogP contribution in [0.3, 0.4) is 0 Å². The van der Waals surface area contributed by atoms with E-state index in [4.69, 9.17) is 9.84 Å². The Kier molecular flexibility index (Phi) is 7.84. The third kappa shape index (κ3) is 5.24. The van der Waals surface area contributed by atoms with Gasteiger partial charge in [0.2, 0.25) is 5.83 Å². The predicted octanol–water partition coefficient (Wildman–Crippen LogP) is 7.38. The van der Waals surface area contributed by atoms with E-state index in [9.17, 15) is 18.3 Å². The number of ether oxygens (including phenoxy) is 1. The largest absolute Gasteiger partial charge is 0.476 e. The molecule has 0 radical (unpaired) electrons. The number of rotatable bonds is 7. The molecule has 2 aromatic rings. The molecule has 2 unspecified atom stereocenters. The third-order valence-electron chi connectivity index (χ3n) is 6.75. The van der Waals surface area contributed by atoms with Gasteiger partial charge in [-0.25, -0.2) is 4.79 Å². The number of carboxylic acid groups (broad SMARTS) is 1. The fourth-order valence-electron chi connectivity index (χ4n) is 4.62. The fourth-order valence-corrected chi connectivity index (χ4v) is 7.66. The average Bonchev–Trinajstić information content (AvgIpc) is 2.89. The van der Waals surface area contributed by atoms with Crippen LogP contribution in [0.15, 0.2) is 64.3 Å². The van der Waals surface area contributed by atoms with Gasteiger partial charge >= 0.3 is 5.97 Å². The summed E-state index contributed by atoms with van der Waals surface area (Å²) in [5, 5.41) is 8.79. The minimum atomic E-state index is -3.21. The molecule has 0 aromatic heterocycles. The summed E-state index contributed by atoms with van der Waals surface area (Å²) in [5.41, 5.74) is 1.61. The van der Waals surface area contributed by atoms with E-state index in [0.29, 0.717) is 16.1 Å². The Bertz CT molecular complexity index is 1040. The number of carbonyl (C=O) groups is 1. The molecule has 0 bridgehead atoms.